The summed E-state index contributed by atoms with van der Waals surface area (Å²) in [4.78, 5) is 37.7. The summed E-state index contributed by atoms with van der Waals surface area (Å²) in [6.07, 6.45) is 7.47. The molecule has 96 valence electrons. The van der Waals surface area contributed by atoms with Crippen molar-refractivity contribution in [3.63, 3.8) is 0 Å². The van der Waals surface area contributed by atoms with Crippen LogP contribution >= 0.6 is 0 Å². The molecule has 0 saturated carbocycles. The van der Waals surface area contributed by atoms with Crippen molar-refractivity contribution in [2.75, 3.05) is 13.1 Å². The number of rotatable bonds is 8. The quantitative estimate of drug-likeness (QED) is 0.281. The van der Waals surface area contributed by atoms with Gasteiger partial charge in [0.15, 0.2) is 0 Å². The molecule has 1 atom stereocenters. The number of hydrogen-bond acceptors (Lipinski definition) is 6. The first-order chi connectivity index (χ1) is 8.79. The second-order valence-electron chi connectivity index (χ2n) is 3.81. The molecule has 1 fully saturated rings. The van der Waals surface area contributed by atoms with Crippen molar-refractivity contribution in [2.24, 2.45) is 15.9 Å². The van der Waals surface area contributed by atoms with E-state index in [1.54, 1.807) is 0 Å². The predicted molar refractivity (Wildman–Crippen MR) is 62.1 cm³/mol. The summed E-state index contributed by atoms with van der Waals surface area (Å²) in [5, 5.41) is 0. The first-order valence-corrected chi connectivity index (χ1v) is 5.78. The molecule has 1 unspecified atom stereocenters. The zero-order valence-corrected chi connectivity index (χ0v) is 9.92. The number of esters is 1. The van der Waals surface area contributed by atoms with Crippen LogP contribution < -0.4 is 0 Å². The summed E-state index contributed by atoms with van der Waals surface area (Å²) in [5.41, 5.74) is 0. The lowest BCUT2D eigenvalue weighted by atomic mass is 9.95. The average Bonchev–Trinajstić information content (AvgIpc) is 2.37. The summed E-state index contributed by atoms with van der Waals surface area (Å²) >= 11 is 0. The van der Waals surface area contributed by atoms with Gasteiger partial charge in [-0.15, -0.1) is 0 Å². The number of aliphatic imine (C=N–C) groups is 2. The molecule has 0 radical (unpaired) electrons. The summed E-state index contributed by atoms with van der Waals surface area (Å²) < 4.78 is 4.92. The van der Waals surface area contributed by atoms with E-state index < -0.39 is 0 Å². The third-order valence-electron chi connectivity index (χ3n) is 2.56. The van der Waals surface area contributed by atoms with E-state index in [0.717, 1.165) is 6.42 Å². The van der Waals surface area contributed by atoms with Crippen LogP contribution in [-0.2, 0) is 19.1 Å². The van der Waals surface area contributed by atoms with Gasteiger partial charge < -0.3 is 4.74 Å². The smallest absolute Gasteiger partial charge is 0.321 e. The molecule has 0 bridgehead atoms. The molecule has 18 heavy (non-hydrogen) atoms. The van der Waals surface area contributed by atoms with Crippen LogP contribution in [0.5, 0.6) is 0 Å². The Morgan fingerprint density at radius 2 is 1.83 bits per heavy atom. The molecule has 0 N–H and O–H groups in total. The van der Waals surface area contributed by atoms with Crippen LogP contribution in [0.4, 0.5) is 0 Å². The Bertz CT molecular complexity index is 418. The Morgan fingerprint density at radius 3 is 2.44 bits per heavy atom. The van der Waals surface area contributed by atoms with Gasteiger partial charge in [-0.1, -0.05) is 0 Å². The van der Waals surface area contributed by atoms with Crippen molar-refractivity contribution < 1.29 is 19.1 Å². The fraction of sp³-hybridized carbons (Fsp3) is 0.583. The highest BCUT2D eigenvalue weighted by atomic mass is 16.6. The van der Waals surface area contributed by atoms with Crippen molar-refractivity contribution in [1.82, 2.24) is 0 Å². The van der Waals surface area contributed by atoms with Crippen LogP contribution in [0.15, 0.2) is 21.8 Å². The van der Waals surface area contributed by atoms with Gasteiger partial charge >= 0.3 is 5.97 Å². The Hall–Kier alpha value is -2.03. The highest BCUT2D eigenvalue weighted by Gasteiger charge is 2.36. The molecule has 0 spiro atoms. The van der Waals surface area contributed by atoms with Crippen molar-refractivity contribution in [2.45, 2.75) is 25.7 Å². The molecule has 0 amide bonds. The normalized spacial score (nSPS) is 19.4. The predicted octanol–water partition coefficient (Wildman–Crippen LogP) is 1.28. The average molecular weight is 250 g/mol. The van der Waals surface area contributed by atoms with Gasteiger partial charge in [-0.05, 0) is 31.8 Å². The summed E-state index contributed by atoms with van der Waals surface area (Å²) in [6, 6.07) is 0. The van der Waals surface area contributed by atoms with E-state index in [0.29, 0.717) is 38.1 Å². The first-order valence-electron chi connectivity index (χ1n) is 5.78. The van der Waals surface area contributed by atoms with Gasteiger partial charge in [-0.25, -0.2) is 19.6 Å². The number of isocyanates is 2. The number of carbonyl (C=O) groups is 1. The summed E-state index contributed by atoms with van der Waals surface area (Å²) in [6.45, 7) is 0.814. The Morgan fingerprint density at radius 1 is 1.17 bits per heavy atom. The van der Waals surface area contributed by atoms with Gasteiger partial charge in [0.25, 0.3) is 0 Å². The number of allylic oxidation sites excluding steroid dienone is 1. The highest BCUT2D eigenvalue weighted by Crippen LogP contribution is 2.31. The largest absolute Gasteiger partial charge is 0.430 e. The summed E-state index contributed by atoms with van der Waals surface area (Å²) in [7, 11) is 0. The van der Waals surface area contributed by atoms with Gasteiger partial charge in [0.2, 0.25) is 12.2 Å². The van der Waals surface area contributed by atoms with Crippen molar-refractivity contribution in [3.05, 3.63) is 11.8 Å². The van der Waals surface area contributed by atoms with E-state index in [2.05, 4.69) is 9.98 Å². The molecule has 0 aromatic carbocycles. The van der Waals surface area contributed by atoms with Crippen LogP contribution in [-0.4, -0.2) is 31.2 Å². The number of hydrogen-bond donors (Lipinski definition) is 0. The minimum atomic E-state index is -0.234. The minimum absolute atomic E-state index is 0.207. The third-order valence-corrected chi connectivity index (χ3v) is 2.56. The lowest BCUT2D eigenvalue weighted by molar-refractivity contribution is -0.157. The highest BCUT2D eigenvalue weighted by molar-refractivity contribution is 5.82. The van der Waals surface area contributed by atoms with Gasteiger partial charge in [-0.2, -0.15) is 0 Å². The third kappa shape index (κ3) is 4.45. The molecule has 1 aliphatic rings. The van der Waals surface area contributed by atoms with E-state index >= 15 is 0 Å². The van der Waals surface area contributed by atoms with Crippen LogP contribution in [0.1, 0.15) is 25.7 Å². The Balaban J connectivity index is 2.28. The van der Waals surface area contributed by atoms with Crippen molar-refractivity contribution >= 4 is 18.1 Å². The van der Waals surface area contributed by atoms with Crippen LogP contribution in [0.3, 0.4) is 0 Å². The minimum Gasteiger partial charge on any atom is -0.430 e. The molecular weight excluding hydrogens is 236 g/mol. The van der Waals surface area contributed by atoms with Crippen LogP contribution in [0.25, 0.3) is 0 Å². The molecule has 1 saturated heterocycles. The van der Waals surface area contributed by atoms with Crippen LogP contribution in [0, 0.1) is 5.92 Å². The maximum absolute atomic E-state index is 11.2. The Labute approximate surface area is 104 Å². The van der Waals surface area contributed by atoms with E-state index in [9.17, 15) is 14.4 Å². The maximum atomic E-state index is 11.2. The number of nitrogens with zero attached hydrogens (tertiary/aromatic N) is 2. The van der Waals surface area contributed by atoms with Gasteiger partial charge in [0.1, 0.15) is 11.7 Å². The molecule has 6 nitrogen and oxygen atoms in total. The molecule has 1 aliphatic heterocycles. The number of cyclic esters (lactones) is 1. The van der Waals surface area contributed by atoms with E-state index in [-0.39, 0.29) is 11.9 Å². The number of ether oxygens (including phenoxy) is 1. The van der Waals surface area contributed by atoms with Gasteiger partial charge in [0.05, 0.1) is 13.1 Å². The fourth-order valence-corrected chi connectivity index (χ4v) is 1.64. The zero-order chi connectivity index (χ0) is 13.2. The lowest BCUT2D eigenvalue weighted by Crippen LogP contribution is -2.32. The summed E-state index contributed by atoms with van der Waals surface area (Å²) in [5.74, 6) is 0.230. The van der Waals surface area contributed by atoms with Crippen LogP contribution in [0.2, 0.25) is 0 Å². The Kier molecular flexibility index (Phi) is 6.33. The standard InChI is InChI=1S/C12H14N2O4/c15-8-13-6-2-1-5-11-10(12(17)18-11)4-3-7-14-9-16/h5,10H,1-4,6-7H2. The fourth-order valence-electron chi connectivity index (χ4n) is 1.64. The second-order valence-corrected chi connectivity index (χ2v) is 3.81. The molecule has 0 aromatic heterocycles. The maximum Gasteiger partial charge on any atom is 0.321 e. The SMILES string of the molecule is O=C=NCCCC=C1OC(=O)C1CCCN=C=O. The van der Waals surface area contributed by atoms with Crippen molar-refractivity contribution in [1.29, 1.82) is 0 Å². The molecular formula is C12H14N2O4. The van der Waals surface area contributed by atoms with Crippen molar-refractivity contribution in [3.8, 4) is 0 Å². The lowest BCUT2D eigenvalue weighted by Gasteiger charge is -2.27. The topological polar surface area (TPSA) is 85.2 Å². The molecule has 1 rings (SSSR count). The van der Waals surface area contributed by atoms with E-state index in [1.165, 1.54) is 12.2 Å². The zero-order valence-electron chi connectivity index (χ0n) is 9.92. The van der Waals surface area contributed by atoms with Gasteiger partial charge in [0, 0.05) is 0 Å². The molecule has 0 aromatic rings. The molecule has 1 heterocycles. The van der Waals surface area contributed by atoms with E-state index in [4.69, 9.17) is 4.74 Å². The monoisotopic (exact) mass is 250 g/mol. The molecule has 0 aliphatic carbocycles. The molecule has 6 heteroatoms. The van der Waals surface area contributed by atoms with E-state index in [1.807, 2.05) is 6.08 Å². The number of carbonyl (C=O) groups excluding carboxylic acids is 3. The second kappa shape index (κ2) is 8.12. The number of unbranched alkanes of at least 4 members (excludes halogenated alkanes) is 1. The van der Waals surface area contributed by atoms with Gasteiger partial charge in [-0.3, -0.25) is 4.79 Å². The first kappa shape index (κ1) is 14.0.